The summed E-state index contributed by atoms with van der Waals surface area (Å²) < 4.78 is 28.7. The van der Waals surface area contributed by atoms with Gasteiger partial charge in [0.25, 0.3) is 0 Å². The van der Waals surface area contributed by atoms with Gasteiger partial charge in [-0.3, -0.25) is 4.79 Å². The lowest BCUT2D eigenvalue weighted by Crippen LogP contribution is -2.32. The summed E-state index contributed by atoms with van der Waals surface area (Å²) in [6, 6.07) is 0. The van der Waals surface area contributed by atoms with Gasteiger partial charge in [0, 0.05) is 26.6 Å². The summed E-state index contributed by atoms with van der Waals surface area (Å²) in [6.45, 7) is 0.978. The van der Waals surface area contributed by atoms with Crippen LogP contribution in [0.5, 0.6) is 0 Å². The SMILES string of the molecule is COCCNC(=O)CCNS(=O)(=O)CBr. The number of nitrogens with one attached hydrogen (secondary N) is 2. The third-order valence-corrected chi connectivity index (χ3v) is 4.19. The molecule has 0 unspecified atom stereocenters. The zero-order chi connectivity index (χ0) is 11.7. The Morgan fingerprint density at radius 2 is 2.07 bits per heavy atom. The highest BCUT2D eigenvalue weighted by atomic mass is 79.9. The molecule has 0 atom stereocenters. The lowest BCUT2D eigenvalue weighted by Gasteiger charge is -2.05. The fourth-order valence-corrected chi connectivity index (χ4v) is 1.72. The minimum absolute atomic E-state index is 0.104. The second-order valence-electron chi connectivity index (χ2n) is 2.71. The molecule has 15 heavy (non-hydrogen) atoms. The Hall–Kier alpha value is -0.180. The van der Waals surface area contributed by atoms with Gasteiger partial charge in [-0.1, -0.05) is 15.9 Å². The fourth-order valence-electron chi connectivity index (χ4n) is 0.740. The molecular weight excluding hydrogens is 288 g/mol. The number of sulfonamides is 1. The van der Waals surface area contributed by atoms with Gasteiger partial charge in [0.05, 0.1) is 6.61 Å². The Balaban J connectivity index is 3.55. The molecule has 90 valence electrons. The van der Waals surface area contributed by atoms with Gasteiger partial charge in [0.15, 0.2) is 0 Å². The number of ether oxygens (including phenoxy) is 1. The van der Waals surface area contributed by atoms with E-state index in [-0.39, 0.29) is 23.5 Å². The number of hydrogen-bond acceptors (Lipinski definition) is 4. The van der Waals surface area contributed by atoms with Gasteiger partial charge in [0.2, 0.25) is 15.9 Å². The lowest BCUT2D eigenvalue weighted by molar-refractivity contribution is -0.121. The van der Waals surface area contributed by atoms with Crippen LogP contribution in [0, 0.1) is 0 Å². The third-order valence-electron chi connectivity index (χ3n) is 1.45. The number of carbonyl (C=O) groups is 1. The van der Waals surface area contributed by atoms with Crippen LogP contribution in [0.4, 0.5) is 0 Å². The molecule has 8 heteroatoms. The first-order valence-corrected chi connectivity index (χ1v) is 7.08. The second-order valence-corrected chi connectivity index (χ2v) is 5.82. The van der Waals surface area contributed by atoms with Crippen LogP contribution in [0.1, 0.15) is 6.42 Å². The van der Waals surface area contributed by atoms with E-state index in [4.69, 9.17) is 4.74 Å². The molecule has 0 aliphatic heterocycles. The highest BCUT2D eigenvalue weighted by molar-refractivity contribution is 9.10. The maximum atomic E-state index is 11.1. The average molecular weight is 303 g/mol. The molecule has 0 heterocycles. The van der Waals surface area contributed by atoms with Crippen LogP contribution >= 0.6 is 15.9 Å². The molecule has 2 N–H and O–H groups in total. The Morgan fingerprint density at radius 3 is 2.60 bits per heavy atom. The van der Waals surface area contributed by atoms with Crippen LogP contribution in [-0.2, 0) is 19.6 Å². The van der Waals surface area contributed by atoms with Crippen molar-refractivity contribution in [1.82, 2.24) is 10.0 Å². The number of methoxy groups -OCH3 is 1. The van der Waals surface area contributed by atoms with Gasteiger partial charge in [-0.25, -0.2) is 13.1 Å². The van der Waals surface area contributed by atoms with E-state index in [1.54, 1.807) is 0 Å². The maximum absolute atomic E-state index is 11.1. The summed E-state index contributed by atoms with van der Waals surface area (Å²) in [4.78, 5) is 11.1. The van der Waals surface area contributed by atoms with Crippen LogP contribution < -0.4 is 10.0 Å². The molecule has 0 aromatic rings. The first-order chi connectivity index (χ1) is 7.02. The van der Waals surface area contributed by atoms with E-state index in [1.807, 2.05) is 0 Å². The van der Waals surface area contributed by atoms with E-state index < -0.39 is 10.0 Å². The predicted molar refractivity (Wildman–Crippen MR) is 60.2 cm³/mol. The molecule has 0 bridgehead atoms. The highest BCUT2D eigenvalue weighted by Gasteiger charge is 2.07. The predicted octanol–water partition coefficient (Wildman–Crippen LogP) is -0.589. The Labute approximate surface area is 97.9 Å². The van der Waals surface area contributed by atoms with Gasteiger partial charge in [0.1, 0.15) is 4.66 Å². The summed E-state index contributed by atoms with van der Waals surface area (Å²) in [5.41, 5.74) is 0. The zero-order valence-corrected chi connectivity index (χ0v) is 10.9. The maximum Gasteiger partial charge on any atom is 0.221 e. The standard InChI is InChI=1S/C7H15BrN2O4S/c1-14-5-4-9-7(11)2-3-10-15(12,13)6-8/h10H,2-6H2,1H3,(H,9,11). The van der Waals surface area contributed by atoms with Gasteiger partial charge >= 0.3 is 0 Å². The van der Waals surface area contributed by atoms with Gasteiger partial charge in [-0.2, -0.15) is 0 Å². The topological polar surface area (TPSA) is 84.5 Å². The van der Waals surface area contributed by atoms with E-state index in [1.165, 1.54) is 7.11 Å². The summed E-state index contributed by atoms with van der Waals surface area (Å²) in [7, 11) is -1.74. The third kappa shape index (κ3) is 8.79. The first-order valence-electron chi connectivity index (χ1n) is 4.31. The molecule has 0 fully saturated rings. The van der Waals surface area contributed by atoms with Crippen LogP contribution in [0.25, 0.3) is 0 Å². The first kappa shape index (κ1) is 14.8. The Morgan fingerprint density at radius 1 is 1.40 bits per heavy atom. The van der Waals surface area contributed by atoms with Crippen molar-refractivity contribution in [3.05, 3.63) is 0 Å². The van der Waals surface area contributed by atoms with Crippen molar-refractivity contribution in [3.63, 3.8) is 0 Å². The minimum Gasteiger partial charge on any atom is -0.383 e. The van der Waals surface area contributed by atoms with E-state index in [0.717, 1.165) is 0 Å². The van der Waals surface area contributed by atoms with Crippen LogP contribution in [0.2, 0.25) is 0 Å². The Bertz CT molecular complexity index is 281. The van der Waals surface area contributed by atoms with Crippen molar-refractivity contribution in [1.29, 1.82) is 0 Å². The number of carbonyl (C=O) groups excluding carboxylic acids is 1. The van der Waals surface area contributed by atoms with E-state index in [0.29, 0.717) is 13.2 Å². The van der Waals surface area contributed by atoms with Crippen molar-refractivity contribution < 1.29 is 17.9 Å². The van der Waals surface area contributed by atoms with Crippen molar-refractivity contribution >= 4 is 31.9 Å². The number of halogens is 1. The van der Waals surface area contributed by atoms with E-state index >= 15 is 0 Å². The quantitative estimate of drug-likeness (QED) is 0.464. The van der Waals surface area contributed by atoms with Crippen molar-refractivity contribution in [3.8, 4) is 0 Å². The fraction of sp³-hybridized carbons (Fsp3) is 0.857. The molecule has 0 aliphatic carbocycles. The molecule has 0 saturated carbocycles. The second kappa shape index (κ2) is 8.03. The summed E-state index contributed by atoms with van der Waals surface area (Å²) in [6.07, 6.45) is 0.121. The minimum atomic E-state index is -3.28. The molecule has 0 saturated heterocycles. The number of rotatable bonds is 8. The van der Waals surface area contributed by atoms with Crippen molar-refractivity contribution in [2.45, 2.75) is 6.42 Å². The summed E-state index contributed by atoms with van der Waals surface area (Å²) in [5, 5.41) is 2.58. The highest BCUT2D eigenvalue weighted by Crippen LogP contribution is 1.90. The molecular formula is C7H15BrN2O4S. The molecule has 0 radical (unpaired) electrons. The number of amides is 1. The summed E-state index contributed by atoms with van der Waals surface area (Å²) >= 11 is 2.82. The molecule has 0 rings (SSSR count). The molecule has 0 aliphatic rings. The van der Waals surface area contributed by atoms with Crippen molar-refractivity contribution in [2.75, 3.05) is 31.5 Å². The van der Waals surface area contributed by atoms with Crippen LogP contribution in [0.15, 0.2) is 0 Å². The van der Waals surface area contributed by atoms with Gasteiger partial charge < -0.3 is 10.1 Å². The van der Waals surface area contributed by atoms with Crippen molar-refractivity contribution in [2.24, 2.45) is 0 Å². The molecule has 0 spiro atoms. The number of hydrogen-bond donors (Lipinski definition) is 2. The Kier molecular flexibility index (Phi) is 7.93. The molecule has 0 aromatic carbocycles. The monoisotopic (exact) mass is 302 g/mol. The molecule has 0 aromatic heterocycles. The smallest absolute Gasteiger partial charge is 0.221 e. The van der Waals surface area contributed by atoms with Gasteiger partial charge in [-0.05, 0) is 0 Å². The average Bonchev–Trinajstić information content (AvgIpc) is 2.18. The van der Waals surface area contributed by atoms with Crippen LogP contribution in [-0.4, -0.2) is 45.8 Å². The normalized spacial score (nSPS) is 11.3. The summed E-state index contributed by atoms with van der Waals surface area (Å²) in [5.74, 6) is -0.204. The van der Waals surface area contributed by atoms with Gasteiger partial charge in [-0.15, -0.1) is 0 Å². The number of alkyl halides is 1. The van der Waals surface area contributed by atoms with E-state index in [2.05, 4.69) is 26.0 Å². The molecule has 1 amide bonds. The van der Waals surface area contributed by atoms with Crippen LogP contribution in [0.3, 0.4) is 0 Å². The lowest BCUT2D eigenvalue weighted by atomic mass is 10.4. The zero-order valence-electron chi connectivity index (χ0n) is 8.45. The molecule has 6 nitrogen and oxygen atoms in total. The largest absolute Gasteiger partial charge is 0.383 e. The van der Waals surface area contributed by atoms with E-state index in [9.17, 15) is 13.2 Å².